The monoisotopic (exact) mass is 737 g/mol. The minimum absolute atomic E-state index is 0.0491. The van der Waals surface area contributed by atoms with E-state index < -0.39 is 105 Å². The number of amides is 1. The third-order valence-corrected chi connectivity index (χ3v) is 8.82. The number of halogens is 12. The predicted octanol–water partition coefficient (Wildman–Crippen LogP) is 8.80. The first kappa shape index (κ1) is 35.2. The molecule has 0 aromatic heterocycles. The van der Waals surface area contributed by atoms with Crippen LogP contribution in [-0.2, 0) is 27.2 Å². The average molecular weight is 740 g/mol. The molecule has 0 aliphatic heterocycles. The van der Waals surface area contributed by atoms with E-state index in [0.29, 0.717) is 23.8 Å². The summed E-state index contributed by atoms with van der Waals surface area (Å²) in [5.41, 5.74) is -2.63. The molecule has 1 fully saturated rings. The van der Waals surface area contributed by atoms with Crippen molar-refractivity contribution in [3.8, 4) is 0 Å². The molecule has 0 bridgehead atoms. The maximum atomic E-state index is 15.0. The van der Waals surface area contributed by atoms with Gasteiger partial charge in [-0.1, -0.05) is 40.9 Å². The van der Waals surface area contributed by atoms with Crippen LogP contribution < -0.4 is 5.32 Å². The lowest BCUT2D eigenvalue weighted by Gasteiger charge is -2.12. The Kier molecular flexibility index (Phi) is 10.4. The second-order valence-electron chi connectivity index (χ2n) is 9.79. The highest BCUT2D eigenvalue weighted by Gasteiger charge is 2.67. The second-order valence-corrected chi connectivity index (χ2v) is 12.4. The Morgan fingerprint density at radius 1 is 0.867 bits per heavy atom. The summed E-state index contributed by atoms with van der Waals surface area (Å²) in [5, 5.41) is 2.42. The fourth-order valence-corrected chi connectivity index (χ4v) is 5.97. The summed E-state index contributed by atoms with van der Waals surface area (Å²) in [6.07, 6.45) is -7.27. The van der Waals surface area contributed by atoms with Crippen molar-refractivity contribution in [1.29, 1.82) is 0 Å². The van der Waals surface area contributed by atoms with Crippen LogP contribution in [0.2, 0.25) is 15.1 Å². The Hall–Kier alpha value is -2.61. The third kappa shape index (κ3) is 7.86. The molecule has 1 saturated carbocycles. The van der Waals surface area contributed by atoms with Gasteiger partial charge in [-0.15, -0.1) is 36.4 Å². The number of ether oxygens (including phenoxy) is 1. The van der Waals surface area contributed by atoms with Crippen LogP contribution in [0.3, 0.4) is 0 Å². The van der Waals surface area contributed by atoms with Gasteiger partial charge in [0.05, 0.1) is 26.5 Å². The van der Waals surface area contributed by atoms with Gasteiger partial charge in [-0.05, 0) is 35.4 Å². The fraction of sp³-hybridized carbons (Fsp3) is 0.250. The number of hydrogen-bond donors (Lipinski definition) is 1. The molecular weight excluding hydrogens is 725 g/mol. The molecule has 1 aliphatic carbocycles. The Morgan fingerprint density at radius 2 is 1.49 bits per heavy atom. The lowest BCUT2D eigenvalue weighted by molar-refractivity contribution is -0.320. The fourth-order valence-electron chi connectivity index (χ4n) is 4.53. The molecule has 0 spiro atoms. The largest absolute Gasteiger partial charge is 0.522 e. The first-order valence-corrected chi connectivity index (χ1v) is 14.2. The van der Waals surface area contributed by atoms with Crippen LogP contribution in [0.25, 0.3) is 0 Å². The lowest BCUT2D eigenvalue weighted by atomic mass is 9.97. The van der Waals surface area contributed by atoms with E-state index in [2.05, 4.69) is 10.1 Å². The van der Waals surface area contributed by atoms with Gasteiger partial charge in [0.2, 0.25) is 5.91 Å². The van der Waals surface area contributed by atoms with E-state index in [1.807, 2.05) is 0 Å². The Bertz CT molecular complexity index is 1690. The number of rotatable bonds is 10. The summed E-state index contributed by atoms with van der Waals surface area (Å²) in [6.45, 7) is -1.45. The molecule has 240 valence electrons. The van der Waals surface area contributed by atoms with Crippen LogP contribution >= 0.6 is 58.0 Å². The molecule has 1 N–H and O–H groups in total. The van der Waals surface area contributed by atoms with Crippen LogP contribution in [0.1, 0.15) is 33.0 Å². The minimum Gasteiger partial charge on any atom is -0.326 e. The first-order valence-electron chi connectivity index (χ1n) is 12.3. The van der Waals surface area contributed by atoms with Crippen LogP contribution in [0.5, 0.6) is 0 Å². The summed E-state index contributed by atoms with van der Waals surface area (Å²) >= 11 is 30.6. The number of hydrogen-bond acceptors (Lipinski definition) is 4. The third-order valence-electron chi connectivity index (χ3n) is 6.69. The van der Waals surface area contributed by atoms with Gasteiger partial charge in [0.1, 0.15) is 22.6 Å². The van der Waals surface area contributed by atoms with Crippen LogP contribution in [0, 0.1) is 29.2 Å². The smallest absolute Gasteiger partial charge is 0.326 e. The van der Waals surface area contributed by atoms with Crippen molar-refractivity contribution in [2.24, 2.45) is 5.92 Å². The van der Waals surface area contributed by atoms with Gasteiger partial charge in [-0.3, -0.25) is 19.1 Å². The van der Waals surface area contributed by atoms with Crippen molar-refractivity contribution in [1.82, 2.24) is 0 Å². The molecular formula is C28H15Cl5F7NO4. The number of carbonyl (C=O) groups excluding carboxylic acids is 3. The van der Waals surface area contributed by atoms with Crippen LogP contribution in [-0.4, -0.2) is 34.8 Å². The van der Waals surface area contributed by atoms with Gasteiger partial charge < -0.3 is 5.32 Å². The van der Waals surface area contributed by atoms with Crippen molar-refractivity contribution >= 4 is 81.2 Å². The van der Waals surface area contributed by atoms with E-state index in [1.54, 1.807) is 0 Å². The lowest BCUT2D eigenvalue weighted by Crippen LogP contribution is -2.21. The van der Waals surface area contributed by atoms with Gasteiger partial charge in [0.25, 0.3) is 0 Å². The first-order chi connectivity index (χ1) is 20.8. The highest BCUT2D eigenvalue weighted by atomic mass is 35.5. The van der Waals surface area contributed by atoms with Crippen molar-refractivity contribution < 1.29 is 49.9 Å². The molecule has 0 saturated heterocycles. The molecule has 0 heterocycles. The summed E-state index contributed by atoms with van der Waals surface area (Å²) in [6, 6.07) is 5.45. The highest BCUT2D eigenvalue weighted by Crippen LogP contribution is 2.65. The van der Waals surface area contributed by atoms with Gasteiger partial charge in [0, 0.05) is 36.1 Å². The molecule has 0 radical (unpaired) electrons. The van der Waals surface area contributed by atoms with E-state index >= 15 is 4.39 Å². The van der Waals surface area contributed by atoms with E-state index in [9.17, 15) is 40.7 Å². The quantitative estimate of drug-likeness (QED) is 0.0977. The normalized spacial score (nSPS) is 17.2. The van der Waals surface area contributed by atoms with Gasteiger partial charge in [-0.2, -0.15) is 0 Å². The molecule has 17 heteroatoms. The molecule has 3 aromatic carbocycles. The SMILES string of the molecule is O=C(COC(F)(F)F)Cc1ccc(F)c(CC(=O)c2cc(NC(=O)[C@H]3[C@H](c4cc(Cl)c(Cl)c(Cl)c4)C3(Cl)Cl)cc(F)c2F)c1F. The number of nitrogens with one attached hydrogen (secondary N) is 1. The summed E-state index contributed by atoms with van der Waals surface area (Å²) in [5.74, 6) is -11.5. The maximum Gasteiger partial charge on any atom is 0.522 e. The zero-order valence-electron chi connectivity index (χ0n) is 21.9. The summed E-state index contributed by atoms with van der Waals surface area (Å²) < 4.78 is 96.9. The summed E-state index contributed by atoms with van der Waals surface area (Å²) in [7, 11) is 0. The zero-order valence-corrected chi connectivity index (χ0v) is 25.7. The van der Waals surface area contributed by atoms with Gasteiger partial charge in [0.15, 0.2) is 23.2 Å². The van der Waals surface area contributed by atoms with Crippen LogP contribution in [0.15, 0.2) is 36.4 Å². The number of ketones is 2. The highest BCUT2D eigenvalue weighted by molar-refractivity contribution is 6.54. The molecule has 4 rings (SSSR count). The Labute approximate surface area is 274 Å². The number of alkyl halides is 5. The van der Waals surface area contributed by atoms with Crippen molar-refractivity contribution in [2.45, 2.75) is 29.5 Å². The Morgan fingerprint density at radius 3 is 2.09 bits per heavy atom. The number of anilines is 1. The number of benzene rings is 3. The summed E-state index contributed by atoms with van der Waals surface area (Å²) in [4.78, 5) is 37.7. The average Bonchev–Trinajstić information content (AvgIpc) is 3.53. The molecule has 2 atom stereocenters. The van der Waals surface area contributed by atoms with E-state index in [0.717, 1.165) is 6.07 Å². The number of Topliss-reactive ketones (excluding diaryl/α,β-unsaturated/α-hetero) is 2. The predicted molar refractivity (Wildman–Crippen MR) is 152 cm³/mol. The molecule has 1 amide bonds. The molecule has 0 unspecified atom stereocenters. The molecule has 3 aromatic rings. The zero-order chi connectivity index (χ0) is 33.6. The molecule has 5 nitrogen and oxygen atoms in total. The van der Waals surface area contributed by atoms with Gasteiger partial charge in [-0.25, -0.2) is 17.6 Å². The maximum absolute atomic E-state index is 15.0. The molecule has 45 heavy (non-hydrogen) atoms. The van der Waals surface area contributed by atoms with Crippen LogP contribution in [0.4, 0.5) is 36.4 Å². The van der Waals surface area contributed by atoms with Crippen molar-refractivity contribution in [3.63, 3.8) is 0 Å². The Balaban J connectivity index is 1.53. The van der Waals surface area contributed by atoms with E-state index in [1.165, 1.54) is 12.1 Å². The topological polar surface area (TPSA) is 72.5 Å². The minimum atomic E-state index is -5.13. The molecule has 1 aliphatic rings. The van der Waals surface area contributed by atoms with E-state index in [4.69, 9.17) is 58.0 Å². The number of carbonyl (C=O) groups is 3. The van der Waals surface area contributed by atoms with Gasteiger partial charge >= 0.3 is 6.36 Å². The standard InChI is InChI=1S/C28H15Cl5F7NO4/c29-16-4-11(5-17(30)23(16)31)21-22(27(21,32)33)26(44)41-12-6-15(25(37)19(35)7-12)20(43)8-14-18(34)2-1-10(24(14)36)3-13(42)9-45-28(38,39)40/h1-2,4-7,21-22H,3,8-9H2,(H,41,44)/t21-,22+/m0/s1. The van der Waals surface area contributed by atoms with E-state index in [-0.39, 0.29) is 15.1 Å². The van der Waals surface area contributed by atoms with Crippen molar-refractivity contribution in [3.05, 3.63) is 97.0 Å². The van der Waals surface area contributed by atoms with Crippen molar-refractivity contribution in [2.75, 3.05) is 11.9 Å². The second kappa shape index (κ2) is 13.2.